The van der Waals surface area contributed by atoms with E-state index in [1.165, 1.54) is 0 Å². The Hall–Kier alpha value is -2.76. The lowest BCUT2D eigenvalue weighted by Crippen LogP contribution is -2.28. The van der Waals surface area contributed by atoms with Crippen LogP contribution in [0.5, 0.6) is 11.5 Å². The number of hydrogen-bond acceptors (Lipinski definition) is 5. The van der Waals surface area contributed by atoms with Crippen molar-refractivity contribution in [3.8, 4) is 11.5 Å². The third-order valence-electron chi connectivity index (χ3n) is 3.50. The number of amides is 1. The van der Waals surface area contributed by atoms with Gasteiger partial charge in [-0.3, -0.25) is 4.79 Å². The smallest absolute Gasteiger partial charge is 0.261 e. The fourth-order valence-electron chi connectivity index (χ4n) is 2.25. The van der Waals surface area contributed by atoms with Gasteiger partial charge in [-0.2, -0.15) is 0 Å². The van der Waals surface area contributed by atoms with E-state index in [1.807, 2.05) is 25.1 Å². The number of carbonyl (C=O) groups is 1. The highest BCUT2D eigenvalue weighted by atomic mass is 16.5. The quantitative estimate of drug-likeness (QED) is 0.848. The van der Waals surface area contributed by atoms with E-state index in [-0.39, 0.29) is 5.91 Å². The molecule has 0 aliphatic rings. The van der Waals surface area contributed by atoms with Crippen LogP contribution in [0.15, 0.2) is 36.5 Å². The number of methoxy groups -OCH3 is 2. The van der Waals surface area contributed by atoms with Crippen LogP contribution < -0.4 is 19.3 Å². The molecule has 0 unspecified atom stereocenters. The molecule has 0 spiro atoms. The molecule has 0 radical (unpaired) electrons. The zero-order valence-corrected chi connectivity index (χ0v) is 14.0. The Morgan fingerprint density at radius 1 is 1.04 bits per heavy atom. The normalized spacial score (nSPS) is 10.1. The van der Waals surface area contributed by atoms with Gasteiger partial charge < -0.3 is 19.3 Å². The zero-order chi connectivity index (χ0) is 17.0. The second-order valence-corrected chi connectivity index (χ2v) is 5.17. The Morgan fingerprint density at radius 2 is 1.74 bits per heavy atom. The molecule has 1 aromatic carbocycles. The maximum Gasteiger partial charge on any atom is 0.261 e. The fraction of sp³-hybridized carbons (Fsp3) is 0.294. The molecule has 0 aliphatic heterocycles. The van der Waals surface area contributed by atoms with Crippen LogP contribution in [0.25, 0.3) is 0 Å². The van der Waals surface area contributed by atoms with Crippen LogP contribution in [0.4, 0.5) is 11.5 Å². The Labute approximate surface area is 136 Å². The number of aromatic nitrogens is 1. The molecule has 0 bridgehead atoms. The SMILES string of the molecule is COc1ccc(N(C)C(=O)c2cccnc2N(C)C)cc1OC. The van der Waals surface area contributed by atoms with Crippen molar-refractivity contribution in [2.75, 3.05) is 45.2 Å². The van der Waals surface area contributed by atoms with Crippen molar-refractivity contribution in [3.05, 3.63) is 42.1 Å². The highest BCUT2D eigenvalue weighted by Gasteiger charge is 2.20. The van der Waals surface area contributed by atoms with Crippen molar-refractivity contribution in [2.24, 2.45) is 0 Å². The number of anilines is 2. The lowest BCUT2D eigenvalue weighted by Gasteiger charge is -2.22. The molecule has 23 heavy (non-hydrogen) atoms. The molecule has 0 saturated heterocycles. The molecule has 0 N–H and O–H groups in total. The summed E-state index contributed by atoms with van der Waals surface area (Å²) in [6.07, 6.45) is 1.67. The van der Waals surface area contributed by atoms with Gasteiger partial charge in [-0.15, -0.1) is 0 Å². The second kappa shape index (κ2) is 7.00. The van der Waals surface area contributed by atoms with Crippen molar-refractivity contribution in [3.63, 3.8) is 0 Å². The maximum atomic E-state index is 12.8. The third kappa shape index (κ3) is 3.36. The molecule has 2 rings (SSSR count). The summed E-state index contributed by atoms with van der Waals surface area (Å²) in [5, 5.41) is 0. The van der Waals surface area contributed by atoms with Crippen LogP contribution in [-0.2, 0) is 0 Å². The van der Waals surface area contributed by atoms with Crippen LogP contribution in [0, 0.1) is 0 Å². The van der Waals surface area contributed by atoms with Gasteiger partial charge in [0.2, 0.25) is 0 Å². The van der Waals surface area contributed by atoms with E-state index < -0.39 is 0 Å². The van der Waals surface area contributed by atoms with E-state index >= 15 is 0 Å². The number of carbonyl (C=O) groups excluding carboxylic acids is 1. The second-order valence-electron chi connectivity index (χ2n) is 5.17. The maximum absolute atomic E-state index is 12.8. The average Bonchev–Trinajstić information content (AvgIpc) is 2.59. The van der Waals surface area contributed by atoms with Crippen molar-refractivity contribution >= 4 is 17.4 Å². The number of pyridine rings is 1. The van der Waals surface area contributed by atoms with Gasteiger partial charge in [-0.1, -0.05) is 0 Å². The molecule has 0 atom stereocenters. The van der Waals surface area contributed by atoms with Gasteiger partial charge >= 0.3 is 0 Å². The van der Waals surface area contributed by atoms with E-state index in [0.29, 0.717) is 28.6 Å². The van der Waals surface area contributed by atoms with Gasteiger partial charge in [-0.25, -0.2) is 4.98 Å². The van der Waals surface area contributed by atoms with Crippen molar-refractivity contribution < 1.29 is 14.3 Å². The van der Waals surface area contributed by atoms with E-state index in [9.17, 15) is 4.79 Å². The van der Waals surface area contributed by atoms with Crippen molar-refractivity contribution in [1.29, 1.82) is 0 Å². The summed E-state index contributed by atoms with van der Waals surface area (Å²) in [6.45, 7) is 0. The summed E-state index contributed by atoms with van der Waals surface area (Å²) in [5.74, 6) is 1.68. The predicted octanol–water partition coefficient (Wildman–Crippen LogP) is 2.44. The van der Waals surface area contributed by atoms with Crippen LogP contribution in [0.3, 0.4) is 0 Å². The average molecular weight is 315 g/mol. The first-order valence-electron chi connectivity index (χ1n) is 7.12. The molecule has 0 saturated carbocycles. The first kappa shape index (κ1) is 16.6. The molecule has 1 amide bonds. The van der Waals surface area contributed by atoms with Gasteiger partial charge in [0, 0.05) is 39.1 Å². The molecule has 122 valence electrons. The minimum absolute atomic E-state index is 0.144. The molecule has 1 heterocycles. The van der Waals surface area contributed by atoms with E-state index in [1.54, 1.807) is 56.6 Å². The summed E-state index contributed by atoms with van der Waals surface area (Å²) >= 11 is 0. The van der Waals surface area contributed by atoms with Crippen LogP contribution in [0.1, 0.15) is 10.4 Å². The number of nitrogens with zero attached hydrogens (tertiary/aromatic N) is 3. The summed E-state index contributed by atoms with van der Waals surface area (Å²) in [4.78, 5) is 20.5. The first-order chi connectivity index (χ1) is 11.0. The van der Waals surface area contributed by atoms with Gasteiger partial charge in [0.25, 0.3) is 5.91 Å². The molecule has 1 aromatic heterocycles. The molecular formula is C17H21N3O3. The third-order valence-corrected chi connectivity index (χ3v) is 3.50. The Kier molecular flexibility index (Phi) is 5.05. The largest absolute Gasteiger partial charge is 0.493 e. The Bertz CT molecular complexity index is 701. The summed E-state index contributed by atoms with van der Waals surface area (Å²) < 4.78 is 10.5. The predicted molar refractivity (Wildman–Crippen MR) is 90.8 cm³/mol. The Balaban J connectivity index is 2.37. The van der Waals surface area contributed by atoms with Crippen molar-refractivity contribution in [1.82, 2.24) is 4.98 Å². The zero-order valence-electron chi connectivity index (χ0n) is 14.0. The monoisotopic (exact) mass is 315 g/mol. The molecule has 6 nitrogen and oxygen atoms in total. The fourth-order valence-corrected chi connectivity index (χ4v) is 2.25. The molecule has 6 heteroatoms. The van der Waals surface area contributed by atoms with Crippen LogP contribution >= 0.6 is 0 Å². The number of ether oxygens (including phenoxy) is 2. The number of benzene rings is 1. The molecular weight excluding hydrogens is 294 g/mol. The van der Waals surface area contributed by atoms with Gasteiger partial charge in [0.1, 0.15) is 5.82 Å². The van der Waals surface area contributed by atoms with Gasteiger partial charge in [0.15, 0.2) is 11.5 Å². The minimum Gasteiger partial charge on any atom is -0.493 e. The highest BCUT2D eigenvalue weighted by Crippen LogP contribution is 2.32. The lowest BCUT2D eigenvalue weighted by atomic mass is 10.2. The van der Waals surface area contributed by atoms with Crippen molar-refractivity contribution in [2.45, 2.75) is 0 Å². The van der Waals surface area contributed by atoms with Crippen LogP contribution in [0.2, 0.25) is 0 Å². The highest BCUT2D eigenvalue weighted by molar-refractivity contribution is 6.08. The topological polar surface area (TPSA) is 54.9 Å². The summed E-state index contributed by atoms with van der Waals surface area (Å²) in [5.41, 5.74) is 1.25. The first-order valence-corrected chi connectivity index (χ1v) is 7.12. The van der Waals surface area contributed by atoms with Gasteiger partial charge in [0.05, 0.1) is 19.8 Å². The molecule has 0 aliphatic carbocycles. The minimum atomic E-state index is -0.144. The number of rotatable bonds is 5. The van der Waals surface area contributed by atoms with E-state index in [4.69, 9.17) is 9.47 Å². The van der Waals surface area contributed by atoms with Crippen LogP contribution in [-0.4, -0.2) is 46.3 Å². The standard InChI is InChI=1S/C17H21N3O3/c1-19(2)16-13(7-6-10-18-16)17(21)20(3)12-8-9-14(22-4)15(11-12)23-5/h6-11H,1-5H3. The summed E-state index contributed by atoms with van der Waals surface area (Å²) in [7, 11) is 8.57. The number of hydrogen-bond donors (Lipinski definition) is 0. The Morgan fingerprint density at radius 3 is 2.35 bits per heavy atom. The molecule has 0 fully saturated rings. The van der Waals surface area contributed by atoms with E-state index in [0.717, 1.165) is 0 Å². The van der Waals surface area contributed by atoms with Gasteiger partial charge in [-0.05, 0) is 24.3 Å². The molecule has 2 aromatic rings. The lowest BCUT2D eigenvalue weighted by molar-refractivity contribution is 0.0993. The van der Waals surface area contributed by atoms with E-state index in [2.05, 4.69) is 4.98 Å². The summed E-state index contributed by atoms with van der Waals surface area (Å²) in [6, 6.07) is 8.87.